The van der Waals surface area contributed by atoms with Gasteiger partial charge in [0.25, 0.3) is 0 Å². The van der Waals surface area contributed by atoms with E-state index in [1.165, 1.54) is 29.7 Å². The second-order valence-electron chi connectivity index (χ2n) is 10.8. The van der Waals surface area contributed by atoms with Crippen LogP contribution >= 0.6 is 0 Å². The SMILES string of the molecule is CCC1=C2[C@@H](CC/C(C)=C/c3ccc(O)c(F)c3)OC[C@@H]2[C@@H]2C(=O)N(C3CCCCC3)C(=O)[C@@H]2C1. The fourth-order valence-electron chi connectivity index (χ4n) is 6.86. The van der Waals surface area contributed by atoms with Crippen molar-refractivity contribution >= 4 is 17.9 Å². The molecule has 5 nitrogen and oxygen atoms in total. The number of hydrogen-bond acceptors (Lipinski definition) is 4. The van der Waals surface area contributed by atoms with E-state index in [2.05, 4.69) is 6.92 Å². The lowest BCUT2D eigenvalue weighted by Gasteiger charge is -2.31. The molecule has 4 aliphatic rings. The summed E-state index contributed by atoms with van der Waals surface area (Å²) >= 11 is 0. The van der Waals surface area contributed by atoms with Gasteiger partial charge in [-0.3, -0.25) is 14.5 Å². The number of ether oxygens (including phenoxy) is 1. The molecule has 0 aromatic heterocycles. The molecule has 3 fully saturated rings. The molecule has 0 spiro atoms. The topological polar surface area (TPSA) is 66.8 Å². The second-order valence-corrected chi connectivity index (χ2v) is 10.8. The van der Waals surface area contributed by atoms with Crippen molar-refractivity contribution in [2.45, 2.75) is 83.8 Å². The number of amides is 2. The molecule has 5 rings (SSSR count). The van der Waals surface area contributed by atoms with E-state index in [-0.39, 0.29) is 47.5 Å². The molecule has 188 valence electrons. The number of phenols is 1. The molecule has 0 radical (unpaired) electrons. The van der Waals surface area contributed by atoms with Crippen LogP contribution in [0.5, 0.6) is 5.75 Å². The van der Waals surface area contributed by atoms with Crippen LogP contribution in [0.25, 0.3) is 6.08 Å². The van der Waals surface area contributed by atoms with Crippen LogP contribution < -0.4 is 0 Å². The zero-order valence-electron chi connectivity index (χ0n) is 20.8. The number of imide groups is 1. The Morgan fingerprint density at radius 2 is 1.94 bits per heavy atom. The van der Waals surface area contributed by atoms with Gasteiger partial charge in [0.1, 0.15) is 0 Å². The van der Waals surface area contributed by atoms with E-state index in [0.29, 0.717) is 13.0 Å². The molecule has 2 aliphatic carbocycles. The highest BCUT2D eigenvalue weighted by atomic mass is 19.1. The van der Waals surface area contributed by atoms with Gasteiger partial charge in [0, 0.05) is 12.0 Å². The molecule has 1 aromatic carbocycles. The molecule has 0 bridgehead atoms. The number of carbonyl (C=O) groups is 2. The summed E-state index contributed by atoms with van der Waals surface area (Å²) in [6.07, 6.45) is 10.3. The number of hydrogen-bond donors (Lipinski definition) is 1. The summed E-state index contributed by atoms with van der Waals surface area (Å²) in [7, 11) is 0. The first kappa shape index (κ1) is 24.2. The maximum absolute atomic E-state index is 13.7. The number of halogens is 1. The summed E-state index contributed by atoms with van der Waals surface area (Å²) in [5.41, 5.74) is 4.39. The lowest BCUT2D eigenvalue weighted by atomic mass is 9.69. The monoisotopic (exact) mass is 481 g/mol. The van der Waals surface area contributed by atoms with Crippen LogP contribution in [0.2, 0.25) is 0 Å². The van der Waals surface area contributed by atoms with Gasteiger partial charge < -0.3 is 9.84 Å². The Bertz CT molecular complexity index is 1070. The predicted molar refractivity (Wildman–Crippen MR) is 132 cm³/mol. The largest absolute Gasteiger partial charge is 0.505 e. The highest BCUT2D eigenvalue weighted by molar-refractivity contribution is 6.06. The van der Waals surface area contributed by atoms with Crippen molar-refractivity contribution in [2.75, 3.05) is 6.61 Å². The van der Waals surface area contributed by atoms with Crippen molar-refractivity contribution in [3.05, 3.63) is 46.3 Å². The smallest absolute Gasteiger partial charge is 0.234 e. The van der Waals surface area contributed by atoms with Crippen molar-refractivity contribution in [2.24, 2.45) is 17.8 Å². The Kier molecular flexibility index (Phi) is 6.84. The second kappa shape index (κ2) is 9.88. The van der Waals surface area contributed by atoms with Gasteiger partial charge in [0.15, 0.2) is 11.6 Å². The highest BCUT2D eigenvalue weighted by Gasteiger charge is 2.57. The maximum atomic E-state index is 13.7. The average Bonchev–Trinajstić information content (AvgIpc) is 3.38. The number of aromatic hydroxyl groups is 1. The first-order valence-corrected chi connectivity index (χ1v) is 13.2. The van der Waals surface area contributed by atoms with E-state index < -0.39 is 5.82 Å². The molecule has 2 saturated heterocycles. The third kappa shape index (κ3) is 4.46. The Hall–Kier alpha value is -2.47. The first-order valence-electron chi connectivity index (χ1n) is 13.2. The van der Waals surface area contributed by atoms with Crippen LogP contribution in [0.3, 0.4) is 0 Å². The Balaban J connectivity index is 1.31. The molecular weight excluding hydrogens is 445 g/mol. The fraction of sp³-hybridized carbons (Fsp3) is 0.586. The summed E-state index contributed by atoms with van der Waals surface area (Å²) in [5.74, 6) is -1.35. The zero-order valence-corrected chi connectivity index (χ0v) is 20.8. The number of likely N-dealkylation sites (tertiary alicyclic amines) is 1. The van der Waals surface area contributed by atoms with E-state index in [9.17, 15) is 19.1 Å². The molecule has 4 atom stereocenters. The van der Waals surface area contributed by atoms with Crippen molar-refractivity contribution in [1.29, 1.82) is 0 Å². The zero-order chi connectivity index (χ0) is 24.7. The van der Waals surface area contributed by atoms with Crippen LogP contribution in [0.1, 0.15) is 77.2 Å². The van der Waals surface area contributed by atoms with Gasteiger partial charge in [-0.15, -0.1) is 0 Å². The summed E-state index contributed by atoms with van der Waals surface area (Å²) in [5, 5.41) is 9.41. The molecule has 2 aliphatic heterocycles. The number of benzene rings is 1. The third-order valence-corrected chi connectivity index (χ3v) is 8.59. The highest BCUT2D eigenvalue weighted by Crippen LogP contribution is 2.51. The summed E-state index contributed by atoms with van der Waals surface area (Å²) in [6, 6.07) is 4.48. The Morgan fingerprint density at radius 1 is 1.17 bits per heavy atom. The van der Waals surface area contributed by atoms with Gasteiger partial charge in [-0.1, -0.05) is 49.5 Å². The van der Waals surface area contributed by atoms with Crippen LogP contribution in [0.4, 0.5) is 4.39 Å². The quantitative estimate of drug-likeness (QED) is 0.414. The number of nitrogens with zero attached hydrogens (tertiary/aromatic N) is 1. The van der Waals surface area contributed by atoms with E-state index in [4.69, 9.17) is 4.74 Å². The number of rotatable bonds is 6. The lowest BCUT2D eigenvalue weighted by Crippen LogP contribution is -2.42. The van der Waals surface area contributed by atoms with Gasteiger partial charge in [-0.2, -0.15) is 0 Å². The van der Waals surface area contributed by atoms with Crippen LogP contribution in [0, 0.1) is 23.6 Å². The first-order chi connectivity index (χ1) is 16.9. The van der Waals surface area contributed by atoms with Crippen molar-refractivity contribution in [3.63, 3.8) is 0 Å². The van der Waals surface area contributed by atoms with Gasteiger partial charge >= 0.3 is 0 Å². The van der Waals surface area contributed by atoms with Crippen molar-refractivity contribution in [3.8, 4) is 5.75 Å². The van der Waals surface area contributed by atoms with Gasteiger partial charge in [0.2, 0.25) is 11.8 Å². The Labute approximate surface area is 207 Å². The molecule has 1 N–H and O–H groups in total. The van der Waals surface area contributed by atoms with E-state index in [0.717, 1.165) is 56.1 Å². The fourth-order valence-corrected chi connectivity index (χ4v) is 6.86. The number of allylic oxidation sites excluding steroid dienone is 2. The van der Waals surface area contributed by atoms with Crippen molar-refractivity contribution in [1.82, 2.24) is 4.90 Å². The molecule has 2 heterocycles. The lowest BCUT2D eigenvalue weighted by molar-refractivity contribution is -0.143. The third-order valence-electron chi connectivity index (χ3n) is 8.59. The number of fused-ring (bicyclic) bond motifs is 3. The molecule has 2 amide bonds. The van der Waals surface area contributed by atoms with Crippen molar-refractivity contribution < 1.29 is 23.8 Å². The normalized spacial score (nSPS) is 29.7. The van der Waals surface area contributed by atoms with Crippen LogP contribution in [0.15, 0.2) is 34.9 Å². The maximum Gasteiger partial charge on any atom is 0.234 e. The minimum absolute atomic E-state index is 0.00854. The Morgan fingerprint density at radius 3 is 2.66 bits per heavy atom. The molecule has 6 heteroatoms. The van der Waals surface area contributed by atoms with Gasteiger partial charge in [0.05, 0.1) is 24.5 Å². The van der Waals surface area contributed by atoms with Gasteiger partial charge in [-0.25, -0.2) is 4.39 Å². The molecule has 35 heavy (non-hydrogen) atoms. The molecule has 1 saturated carbocycles. The van der Waals surface area contributed by atoms with Gasteiger partial charge in [-0.05, 0) is 68.7 Å². The predicted octanol–water partition coefficient (Wildman–Crippen LogP) is 5.77. The minimum Gasteiger partial charge on any atom is -0.505 e. The van der Waals surface area contributed by atoms with Crippen LogP contribution in [-0.2, 0) is 14.3 Å². The number of phenolic OH excluding ortho intramolecular Hbond substituents is 1. The number of carbonyl (C=O) groups excluding carboxylic acids is 2. The van der Waals surface area contributed by atoms with Crippen LogP contribution in [-0.4, -0.2) is 40.6 Å². The molecule has 0 unspecified atom stereocenters. The summed E-state index contributed by atoms with van der Waals surface area (Å²) < 4.78 is 20.0. The summed E-state index contributed by atoms with van der Waals surface area (Å²) in [4.78, 5) is 28.6. The van der Waals surface area contributed by atoms with E-state index >= 15 is 0 Å². The standard InChI is InChI=1S/C29H36FNO4/c1-3-19-15-21-27(29(34)31(28(21)33)20-7-5-4-6-8-20)22-16-35-25(26(19)22)12-9-17(2)13-18-10-11-24(32)23(30)14-18/h10-11,13-14,20-22,25,27,32H,3-9,12,15-16H2,1-2H3/b17-13+/t21-,22+,25-,27-/m1/s1. The molecule has 1 aromatic rings. The van der Waals surface area contributed by atoms with E-state index in [1.54, 1.807) is 11.0 Å². The summed E-state index contributed by atoms with van der Waals surface area (Å²) in [6.45, 7) is 4.67. The average molecular weight is 482 g/mol. The molecular formula is C29H36FNO4. The minimum atomic E-state index is -0.624. The van der Waals surface area contributed by atoms with E-state index in [1.807, 2.05) is 13.0 Å².